The third-order valence-corrected chi connectivity index (χ3v) is 5.14. The molecule has 2 rings (SSSR count). The van der Waals surface area contributed by atoms with Crippen LogP contribution >= 0.6 is 0 Å². The summed E-state index contributed by atoms with van der Waals surface area (Å²) >= 11 is 0. The van der Waals surface area contributed by atoms with Crippen molar-refractivity contribution in [1.29, 1.82) is 0 Å². The molecule has 0 spiro atoms. The van der Waals surface area contributed by atoms with Crippen molar-refractivity contribution in [2.45, 2.75) is 72.0 Å². The van der Waals surface area contributed by atoms with Crippen molar-refractivity contribution < 1.29 is 14.3 Å². The quantitative estimate of drug-likeness (QED) is 0.637. The van der Waals surface area contributed by atoms with Crippen molar-refractivity contribution in [2.75, 3.05) is 7.11 Å². The Hall–Kier alpha value is -2.82. The molecule has 0 heterocycles. The minimum Gasteiger partial charge on any atom is -0.497 e. The maximum absolute atomic E-state index is 13.3. The van der Waals surface area contributed by atoms with Crippen LogP contribution in [0.5, 0.6) is 5.75 Å². The summed E-state index contributed by atoms with van der Waals surface area (Å²) in [6, 6.07) is 15.3. The molecule has 5 nitrogen and oxygen atoms in total. The number of nitrogens with one attached hydrogen (secondary N) is 1. The van der Waals surface area contributed by atoms with E-state index < -0.39 is 6.04 Å². The lowest BCUT2D eigenvalue weighted by atomic mass is 10.0. The molecule has 1 atom stereocenters. The number of carbonyl (C=O) groups is 2. The van der Waals surface area contributed by atoms with Crippen LogP contribution in [0.15, 0.2) is 48.5 Å². The van der Waals surface area contributed by atoms with Gasteiger partial charge in [0.25, 0.3) is 0 Å². The number of methoxy groups -OCH3 is 1. The summed E-state index contributed by atoms with van der Waals surface area (Å²) in [5.74, 6) is 0.623. The van der Waals surface area contributed by atoms with Gasteiger partial charge in [-0.25, -0.2) is 0 Å². The van der Waals surface area contributed by atoms with E-state index in [9.17, 15) is 9.59 Å². The second-order valence-corrected chi connectivity index (χ2v) is 9.02. The molecule has 0 fully saturated rings. The van der Waals surface area contributed by atoms with Crippen LogP contribution in [-0.2, 0) is 22.6 Å². The van der Waals surface area contributed by atoms with Gasteiger partial charge in [-0.05, 0) is 63.8 Å². The fourth-order valence-corrected chi connectivity index (χ4v) is 3.45. The summed E-state index contributed by atoms with van der Waals surface area (Å²) in [5, 5.41) is 3.04. The summed E-state index contributed by atoms with van der Waals surface area (Å²) in [6.45, 7) is 10.2. The molecule has 0 unspecified atom stereocenters. The maximum atomic E-state index is 13.3. The standard InChI is InChI=1S/C26H36N2O3/c1-7-23(25(30)27-26(3,4)5)28(18-21-12-15-22(31-6)16-13-21)24(29)17-14-20-10-8-19(2)9-11-20/h8-13,15-16,23H,7,14,17-18H2,1-6H3,(H,27,30)/t23-/m0/s1. The molecule has 31 heavy (non-hydrogen) atoms. The van der Waals surface area contributed by atoms with Gasteiger partial charge in [0.2, 0.25) is 11.8 Å². The zero-order valence-corrected chi connectivity index (χ0v) is 19.7. The van der Waals surface area contributed by atoms with E-state index in [1.807, 2.05) is 58.9 Å². The number of nitrogens with zero attached hydrogens (tertiary/aromatic N) is 1. The average molecular weight is 425 g/mol. The minimum atomic E-state index is -0.521. The third-order valence-electron chi connectivity index (χ3n) is 5.14. The molecule has 0 aromatic heterocycles. The van der Waals surface area contributed by atoms with Crippen LogP contribution in [-0.4, -0.2) is 35.4 Å². The molecule has 0 saturated heterocycles. The summed E-state index contributed by atoms with van der Waals surface area (Å²) in [4.78, 5) is 28.0. The first kappa shape index (κ1) is 24.4. The number of hydrogen-bond donors (Lipinski definition) is 1. The van der Waals surface area contributed by atoms with Gasteiger partial charge in [0, 0.05) is 18.5 Å². The van der Waals surface area contributed by atoms with E-state index in [1.54, 1.807) is 12.0 Å². The van der Waals surface area contributed by atoms with E-state index in [2.05, 4.69) is 29.6 Å². The van der Waals surface area contributed by atoms with Gasteiger partial charge in [0.1, 0.15) is 11.8 Å². The van der Waals surface area contributed by atoms with E-state index in [0.29, 0.717) is 25.8 Å². The zero-order chi connectivity index (χ0) is 23.0. The summed E-state index contributed by atoms with van der Waals surface area (Å²) in [5.41, 5.74) is 2.92. The van der Waals surface area contributed by atoms with Crippen LogP contribution in [0, 0.1) is 6.92 Å². The molecule has 168 valence electrons. The molecule has 1 N–H and O–H groups in total. The van der Waals surface area contributed by atoms with Gasteiger partial charge in [-0.1, -0.05) is 48.9 Å². The minimum absolute atomic E-state index is 0.0210. The third kappa shape index (κ3) is 7.74. The molecular formula is C26H36N2O3. The van der Waals surface area contributed by atoms with Crippen molar-refractivity contribution in [1.82, 2.24) is 10.2 Å². The Bertz CT molecular complexity index is 852. The van der Waals surface area contributed by atoms with Crippen LogP contribution in [0.3, 0.4) is 0 Å². The van der Waals surface area contributed by atoms with E-state index in [1.165, 1.54) is 5.56 Å². The number of carbonyl (C=O) groups excluding carboxylic acids is 2. The highest BCUT2D eigenvalue weighted by Gasteiger charge is 2.30. The SMILES string of the molecule is CC[C@@H](C(=O)NC(C)(C)C)N(Cc1ccc(OC)cc1)C(=O)CCc1ccc(C)cc1. The lowest BCUT2D eigenvalue weighted by Crippen LogP contribution is -2.53. The first-order valence-corrected chi connectivity index (χ1v) is 10.9. The molecule has 2 aromatic rings. The van der Waals surface area contributed by atoms with E-state index >= 15 is 0 Å². The normalized spacial score (nSPS) is 12.2. The first-order chi connectivity index (χ1) is 14.6. The average Bonchev–Trinajstić information content (AvgIpc) is 2.72. The van der Waals surface area contributed by atoms with Crippen LogP contribution < -0.4 is 10.1 Å². The van der Waals surface area contributed by atoms with Gasteiger partial charge < -0.3 is 15.0 Å². The first-order valence-electron chi connectivity index (χ1n) is 10.9. The Kier molecular flexibility index (Phi) is 8.66. The zero-order valence-electron chi connectivity index (χ0n) is 19.7. The van der Waals surface area contributed by atoms with Gasteiger partial charge in [0.15, 0.2) is 0 Å². The summed E-state index contributed by atoms with van der Waals surface area (Å²) in [6.07, 6.45) is 1.56. The molecule has 0 aliphatic rings. The number of benzene rings is 2. The Morgan fingerprint density at radius 2 is 1.58 bits per heavy atom. The lowest BCUT2D eigenvalue weighted by Gasteiger charge is -2.33. The number of rotatable bonds is 9. The maximum Gasteiger partial charge on any atom is 0.243 e. The fraction of sp³-hybridized carbons (Fsp3) is 0.462. The molecule has 0 saturated carbocycles. The van der Waals surface area contributed by atoms with Crippen LogP contribution in [0.4, 0.5) is 0 Å². The second-order valence-electron chi connectivity index (χ2n) is 9.02. The highest BCUT2D eigenvalue weighted by molar-refractivity contribution is 5.88. The van der Waals surface area contributed by atoms with Crippen molar-refractivity contribution >= 4 is 11.8 Å². The van der Waals surface area contributed by atoms with E-state index in [0.717, 1.165) is 16.9 Å². The molecule has 0 aliphatic carbocycles. The Morgan fingerprint density at radius 1 is 1.00 bits per heavy atom. The Morgan fingerprint density at radius 3 is 2.10 bits per heavy atom. The van der Waals surface area contributed by atoms with Crippen LogP contribution in [0.25, 0.3) is 0 Å². The number of ether oxygens (including phenoxy) is 1. The van der Waals surface area contributed by atoms with Crippen molar-refractivity contribution in [3.05, 3.63) is 65.2 Å². The van der Waals surface area contributed by atoms with Crippen LogP contribution in [0.1, 0.15) is 57.2 Å². The number of aryl methyl sites for hydroxylation is 2. The van der Waals surface area contributed by atoms with Crippen molar-refractivity contribution in [3.8, 4) is 5.75 Å². The molecule has 0 bridgehead atoms. The smallest absolute Gasteiger partial charge is 0.243 e. The van der Waals surface area contributed by atoms with Crippen LogP contribution in [0.2, 0.25) is 0 Å². The van der Waals surface area contributed by atoms with E-state index in [-0.39, 0.29) is 17.4 Å². The molecule has 2 aromatic carbocycles. The molecule has 2 amide bonds. The van der Waals surface area contributed by atoms with Gasteiger partial charge in [-0.3, -0.25) is 9.59 Å². The Labute approximate surface area is 186 Å². The van der Waals surface area contributed by atoms with Gasteiger partial charge >= 0.3 is 0 Å². The molecular weight excluding hydrogens is 388 g/mol. The lowest BCUT2D eigenvalue weighted by molar-refractivity contribution is -0.142. The highest BCUT2D eigenvalue weighted by atomic mass is 16.5. The largest absolute Gasteiger partial charge is 0.497 e. The Balaban J connectivity index is 2.22. The van der Waals surface area contributed by atoms with Crippen molar-refractivity contribution in [2.24, 2.45) is 0 Å². The fourth-order valence-electron chi connectivity index (χ4n) is 3.45. The summed E-state index contributed by atoms with van der Waals surface area (Å²) < 4.78 is 5.23. The monoisotopic (exact) mass is 424 g/mol. The predicted octanol–water partition coefficient (Wildman–Crippen LogP) is 4.66. The number of hydrogen-bond acceptors (Lipinski definition) is 3. The predicted molar refractivity (Wildman–Crippen MR) is 125 cm³/mol. The van der Waals surface area contributed by atoms with E-state index in [4.69, 9.17) is 4.74 Å². The second kappa shape index (κ2) is 11.0. The molecule has 0 radical (unpaired) electrons. The van der Waals surface area contributed by atoms with Gasteiger partial charge in [-0.2, -0.15) is 0 Å². The number of amides is 2. The van der Waals surface area contributed by atoms with Gasteiger partial charge in [-0.15, -0.1) is 0 Å². The topological polar surface area (TPSA) is 58.6 Å². The van der Waals surface area contributed by atoms with Crippen molar-refractivity contribution in [3.63, 3.8) is 0 Å². The van der Waals surface area contributed by atoms with Gasteiger partial charge in [0.05, 0.1) is 7.11 Å². The summed E-state index contributed by atoms with van der Waals surface area (Å²) in [7, 11) is 1.62. The molecule has 0 aliphatic heterocycles. The highest BCUT2D eigenvalue weighted by Crippen LogP contribution is 2.18. The molecule has 5 heteroatoms.